The van der Waals surface area contributed by atoms with Gasteiger partial charge in [0.1, 0.15) is 23.8 Å². The van der Waals surface area contributed by atoms with Crippen molar-refractivity contribution in [1.82, 2.24) is 14.8 Å². The Hall–Kier alpha value is -4.54. The molecule has 0 saturated carbocycles. The number of fused-ring (bicyclic) bond motifs is 5. The molecule has 0 aliphatic carbocycles. The van der Waals surface area contributed by atoms with Gasteiger partial charge in [-0.2, -0.15) is 0 Å². The first-order chi connectivity index (χ1) is 20.6. The van der Waals surface area contributed by atoms with Crippen LogP contribution in [0, 0.1) is 17.6 Å². The first kappa shape index (κ1) is 28.6. The monoisotopic (exact) mass is 590 g/mol. The van der Waals surface area contributed by atoms with Crippen molar-refractivity contribution in [3.05, 3.63) is 99.0 Å². The van der Waals surface area contributed by atoms with Crippen LogP contribution in [-0.2, 0) is 18.0 Å². The molecule has 4 atom stereocenters. The van der Waals surface area contributed by atoms with E-state index < -0.39 is 34.6 Å². The molecule has 3 aliphatic rings. The van der Waals surface area contributed by atoms with Crippen LogP contribution in [0.4, 0.5) is 8.78 Å². The van der Waals surface area contributed by atoms with Crippen molar-refractivity contribution in [3.8, 4) is 5.75 Å². The molecule has 0 radical (unpaired) electrons. The molecule has 224 valence electrons. The van der Waals surface area contributed by atoms with E-state index in [2.05, 4.69) is 10.5 Å². The van der Waals surface area contributed by atoms with E-state index in [0.717, 1.165) is 23.4 Å². The van der Waals surface area contributed by atoms with Gasteiger partial charge in [-0.1, -0.05) is 48.5 Å². The van der Waals surface area contributed by atoms with Gasteiger partial charge in [0.15, 0.2) is 17.0 Å². The van der Waals surface area contributed by atoms with E-state index >= 15 is 0 Å². The van der Waals surface area contributed by atoms with Gasteiger partial charge in [0.25, 0.3) is 11.8 Å². The molecule has 11 heteroatoms. The van der Waals surface area contributed by atoms with Gasteiger partial charge >= 0.3 is 0 Å². The highest BCUT2D eigenvalue weighted by Crippen LogP contribution is 2.48. The molecule has 2 bridgehead atoms. The largest absolute Gasteiger partial charge is 0.483 e. The van der Waals surface area contributed by atoms with Crippen LogP contribution in [0.3, 0.4) is 0 Å². The van der Waals surface area contributed by atoms with Crippen molar-refractivity contribution in [2.24, 2.45) is 11.1 Å². The standard InChI is InChI=1S/C32H32F2N4O5/c1-18-11-12-32(19(2)20(3)36-43-32)26-16-37(18)31(41)27-29(42-17-21-7-5-4-6-8-21)28(39)24(15-38(26)27)30(40)35-14-22-9-10-23(33)13-25(22)34/h4-10,13,15,18-19,26H,11-12,14,16-17H2,1-3H3,(H,35,40). The molecule has 2 amide bonds. The highest BCUT2D eigenvalue weighted by Gasteiger charge is 2.57. The normalized spacial score (nSPS) is 24.2. The van der Waals surface area contributed by atoms with Crippen molar-refractivity contribution < 1.29 is 27.9 Å². The highest BCUT2D eigenvalue weighted by molar-refractivity contribution is 5.99. The van der Waals surface area contributed by atoms with Gasteiger partial charge in [-0.15, -0.1) is 0 Å². The van der Waals surface area contributed by atoms with Gasteiger partial charge in [0.2, 0.25) is 5.43 Å². The van der Waals surface area contributed by atoms with Gasteiger partial charge in [0.05, 0.1) is 11.8 Å². The van der Waals surface area contributed by atoms with Crippen LogP contribution in [-0.4, -0.2) is 45.2 Å². The van der Waals surface area contributed by atoms with Crippen molar-refractivity contribution in [2.75, 3.05) is 6.54 Å². The molecule has 1 aromatic heterocycles. The van der Waals surface area contributed by atoms with E-state index in [-0.39, 0.29) is 53.6 Å². The fraction of sp³-hybridized carbons (Fsp3) is 0.375. The van der Waals surface area contributed by atoms with Gasteiger partial charge in [-0.3, -0.25) is 14.4 Å². The molecule has 3 aliphatic heterocycles. The molecule has 1 saturated heterocycles. The van der Waals surface area contributed by atoms with Gasteiger partial charge < -0.3 is 24.4 Å². The maximum absolute atomic E-state index is 14.3. The average molecular weight is 591 g/mol. The summed E-state index contributed by atoms with van der Waals surface area (Å²) in [7, 11) is 0. The molecule has 2 aromatic carbocycles. The van der Waals surface area contributed by atoms with Crippen LogP contribution in [0.25, 0.3) is 0 Å². The van der Waals surface area contributed by atoms with E-state index in [9.17, 15) is 23.2 Å². The number of nitrogens with one attached hydrogen (secondary N) is 1. The number of carbonyl (C=O) groups is 2. The first-order valence-corrected chi connectivity index (χ1v) is 14.3. The molecule has 1 N–H and O–H groups in total. The van der Waals surface area contributed by atoms with Crippen molar-refractivity contribution in [2.45, 2.75) is 64.4 Å². The molecule has 9 nitrogen and oxygen atoms in total. The zero-order valence-electron chi connectivity index (χ0n) is 24.1. The third-order valence-electron chi connectivity index (χ3n) is 9.05. The van der Waals surface area contributed by atoms with Crippen LogP contribution in [0.2, 0.25) is 0 Å². The Balaban J connectivity index is 1.47. The van der Waals surface area contributed by atoms with Crippen LogP contribution in [0.1, 0.15) is 71.6 Å². The van der Waals surface area contributed by atoms with E-state index in [0.29, 0.717) is 19.4 Å². The van der Waals surface area contributed by atoms with E-state index in [4.69, 9.17) is 9.57 Å². The number of hydrogen-bond acceptors (Lipinski definition) is 6. The minimum atomic E-state index is -0.822. The number of carbonyl (C=O) groups excluding carboxylic acids is 2. The Morgan fingerprint density at radius 2 is 1.93 bits per heavy atom. The Bertz CT molecular complexity index is 1690. The Kier molecular flexibility index (Phi) is 7.27. The predicted octanol–water partition coefficient (Wildman–Crippen LogP) is 4.60. The topological polar surface area (TPSA) is 102 Å². The number of benzene rings is 2. The number of hydrogen-bond donors (Lipinski definition) is 1. The maximum Gasteiger partial charge on any atom is 0.274 e. The molecular formula is C32H32F2N4O5. The predicted molar refractivity (Wildman–Crippen MR) is 154 cm³/mol. The highest BCUT2D eigenvalue weighted by atomic mass is 19.1. The Morgan fingerprint density at radius 3 is 2.63 bits per heavy atom. The lowest BCUT2D eigenvalue weighted by Gasteiger charge is -2.43. The van der Waals surface area contributed by atoms with Gasteiger partial charge in [-0.25, -0.2) is 8.78 Å². The molecule has 1 fully saturated rings. The Morgan fingerprint density at radius 1 is 1.16 bits per heavy atom. The zero-order valence-corrected chi connectivity index (χ0v) is 24.1. The molecule has 4 heterocycles. The number of halogens is 2. The van der Waals surface area contributed by atoms with Gasteiger partial charge in [-0.05, 0) is 38.3 Å². The molecular weight excluding hydrogens is 558 g/mol. The SMILES string of the molecule is CC1=NOC2(CCC(C)N3CC2n2cc(C(=O)NCc4ccc(F)cc4F)c(=O)c(OCc4ccccc4)c2C3=O)C1C. The number of ether oxygens (including phenoxy) is 1. The number of pyridine rings is 1. The first-order valence-electron chi connectivity index (χ1n) is 14.3. The summed E-state index contributed by atoms with van der Waals surface area (Å²) in [5, 5.41) is 6.88. The van der Waals surface area contributed by atoms with E-state index in [1.807, 2.05) is 51.1 Å². The zero-order chi connectivity index (χ0) is 30.5. The molecule has 6 rings (SSSR count). The number of oxime groups is 1. The summed E-state index contributed by atoms with van der Waals surface area (Å²) in [6.07, 6.45) is 2.64. The van der Waals surface area contributed by atoms with Crippen LogP contribution < -0.4 is 15.5 Å². The molecule has 4 unspecified atom stereocenters. The maximum atomic E-state index is 14.3. The van der Waals surface area contributed by atoms with Crippen molar-refractivity contribution in [1.29, 1.82) is 0 Å². The van der Waals surface area contributed by atoms with Crippen molar-refractivity contribution >= 4 is 17.5 Å². The second kappa shape index (κ2) is 10.9. The van der Waals surface area contributed by atoms with Crippen LogP contribution in [0.15, 0.2) is 64.7 Å². The quantitative estimate of drug-likeness (QED) is 0.453. The second-order valence-corrected chi connectivity index (χ2v) is 11.5. The van der Waals surface area contributed by atoms with E-state index in [1.54, 1.807) is 9.47 Å². The smallest absolute Gasteiger partial charge is 0.274 e. The summed E-state index contributed by atoms with van der Waals surface area (Å²) in [5.41, 5.74) is -0.165. The van der Waals surface area contributed by atoms with E-state index in [1.165, 1.54) is 12.3 Å². The lowest BCUT2D eigenvalue weighted by atomic mass is 9.76. The number of rotatable bonds is 6. The lowest BCUT2D eigenvalue weighted by molar-refractivity contribution is -0.0865. The Labute approximate surface area is 247 Å². The summed E-state index contributed by atoms with van der Waals surface area (Å²) >= 11 is 0. The molecule has 43 heavy (non-hydrogen) atoms. The summed E-state index contributed by atoms with van der Waals surface area (Å²) < 4.78 is 35.4. The fourth-order valence-electron chi connectivity index (χ4n) is 6.32. The van der Waals surface area contributed by atoms with Crippen molar-refractivity contribution in [3.63, 3.8) is 0 Å². The minimum Gasteiger partial charge on any atom is -0.483 e. The summed E-state index contributed by atoms with van der Waals surface area (Å²) in [6.45, 7) is 5.90. The average Bonchev–Trinajstić information content (AvgIpc) is 3.20. The van der Waals surface area contributed by atoms with Crippen LogP contribution >= 0.6 is 0 Å². The number of amides is 2. The fourth-order valence-corrected chi connectivity index (χ4v) is 6.32. The number of aromatic nitrogens is 1. The number of nitrogens with zero attached hydrogens (tertiary/aromatic N) is 3. The third-order valence-corrected chi connectivity index (χ3v) is 9.05. The third kappa shape index (κ3) is 4.86. The summed E-state index contributed by atoms with van der Waals surface area (Å²) in [6, 6.07) is 11.6. The molecule has 1 spiro atoms. The summed E-state index contributed by atoms with van der Waals surface area (Å²) in [5.74, 6) is -3.06. The van der Waals surface area contributed by atoms with Crippen LogP contribution in [0.5, 0.6) is 5.75 Å². The lowest BCUT2D eigenvalue weighted by Crippen LogP contribution is -2.54. The second-order valence-electron chi connectivity index (χ2n) is 11.5. The summed E-state index contributed by atoms with van der Waals surface area (Å²) in [4.78, 5) is 49.4. The molecule has 3 aromatic rings. The van der Waals surface area contributed by atoms with Gasteiger partial charge in [0, 0.05) is 42.9 Å². The minimum absolute atomic E-state index is 0.0112.